The van der Waals surface area contributed by atoms with Gasteiger partial charge in [0.25, 0.3) is 0 Å². The van der Waals surface area contributed by atoms with Crippen LogP contribution in [0, 0.1) is 19.8 Å². The zero-order chi connectivity index (χ0) is 25.7. The number of hydrogen-bond donors (Lipinski definition) is 1. The quantitative estimate of drug-likeness (QED) is 0.364. The molecule has 0 unspecified atom stereocenters. The Morgan fingerprint density at radius 3 is 2.69 bits per heavy atom. The molecule has 1 fully saturated rings. The number of aryl methyl sites for hydroxylation is 1. The van der Waals surface area contributed by atoms with E-state index in [0.29, 0.717) is 24.5 Å². The van der Waals surface area contributed by atoms with Crippen molar-refractivity contribution in [2.45, 2.75) is 66.2 Å². The lowest BCUT2D eigenvalue weighted by atomic mass is 9.92. The van der Waals surface area contributed by atoms with Crippen LogP contribution in [-0.2, 0) is 14.3 Å². The maximum absolute atomic E-state index is 13.0. The maximum Gasteiger partial charge on any atom is 0.308 e. The molecule has 0 amide bonds. The third kappa shape index (κ3) is 6.20. The van der Waals surface area contributed by atoms with Gasteiger partial charge in [-0.3, -0.25) is 9.59 Å². The van der Waals surface area contributed by atoms with E-state index in [1.165, 1.54) is 16.7 Å². The highest BCUT2D eigenvalue weighted by Gasteiger charge is 2.22. The lowest BCUT2D eigenvalue weighted by Crippen LogP contribution is -2.16. The van der Waals surface area contributed by atoms with Gasteiger partial charge in [0.1, 0.15) is 5.82 Å². The molecular weight excluding hydrogens is 448 g/mol. The van der Waals surface area contributed by atoms with Crippen molar-refractivity contribution in [1.29, 1.82) is 0 Å². The lowest BCUT2D eigenvalue weighted by molar-refractivity contribution is -0.148. The second-order valence-corrected chi connectivity index (χ2v) is 9.94. The first-order valence-electron chi connectivity index (χ1n) is 13.0. The highest BCUT2D eigenvalue weighted by Crippen LogP contribution is 2.30. The van der Waals surface area contributed by atoms with Gasteiger partial charge in [-0.15, -0.1) is 0 Å². The molecule has 4 rings (SSSR count). The first kappa shape index (κ1) is 25.6. The number of carbonyl (C=O) groups is 2. The molecule has 36 heavy (non-hydrogen) atoms. The molecule has 2 aliphatic carbocycles. The highest BCUT2D eigenvalue weighted by atomic mass is 16.5. The van der Waals surface area contributed by atoms with Crippen molar-refractivity contribution in [3.05, 3.63) is 75.1 Å². The normalized spacial score (nSPS) is 22.3. The maximum atomic E-state index is 13.0. The molecule has 1 saturated carbocycles. The van der Waals surface area contributed by atoms with Crippen LogP contribution in [0.5, 0.6) is 0 Å². The average Bonchev–Trinajstić information content (AvgIpc) is 3.09. The summed E-state index contributed by atoms with van der Waals surface area (Å²) in [4.78, 5) is 29.7. The Kier molecular flexibility index (Phi) is 8.19. The number of aromatic nitrogens is 1. The van der Waals surface area contributed by atoms with Crippen molar-refractivity contribution in [2.24, 2.45) is 5.92 Å². The van der Waals surface area contributed by atoms with Gasteiger partial charge in [-0.05, 0) is 106 Å². The second kappa shape index (κ2) is 11.5. The fourth-order valence-electron chi connectivity index (χ4n) is 4.95. The predicted molar refractivity (Wildman–Crippen MR) is 146 cm³/mol. The van der Waals surface area contributed by atoms with E-state index in [-0.39, 0.29) is 17.7 Å². The number of fused-ring (bicyclic) bond motifs is 1. The second-order valence-electron chi connectivity index (χ2n) is 9.94. The first-order chi connectivity index (χ1) is 17.3. The summed E-state index contributed by atoms with van der Waals surface area (Å²) in [6.45, 7) is 8.49. The van der Waals surface area contributed by atoms with Gasteiger partial charge >= 0.3 is 5.97 Å². The highest BCUT2D eigenvalue weighted by molar-refractivity contribution is 6.04. The number of Topliss-reactive ketones (excluding diaryl/α,β-unsaturated/α-hetero) is 1. The third-order valence-electron chi connectivity index (χ3n) is 7.15. The number of benzene rings is 1. The number of rotatable bonds is 5. The van der Waals surface area contributed by atoms with Crippen LogP contribution in [0.25, 0.3) is 18.2 Å². The molecule has 1 N–H and O–H groups in total. The van der Waals surface area contributed by atoms with Gasteiger partial charge in [0.2, 0.25) is 0 Å². The van der Waals surface area contributed by atoms with Crippen molar-refractivity contribution in [3.8, 4) is 0 Å². The van der Waals surface area contributed by atoms with Crippen LogP contribution < -0.4 is 5.32 Å². The zero-order valence-corrected chi connectivity index (χ0v) is 21.8. The Bertz CT molecular complexity index is 1240. The minimum atomic E-state index is -0.0624. The van der Waals surface area contributed by atoms with Gasteiger partial charge in [0.15, 0.2) is 5.78 Å². The number of pyridine rings is 1. The molecule has 1 heterocycles. The average molecular weight is 485 g/mol. The largest absolute Gasteiger partial charge is 0.466 e. The summed E-state index contributed by atoms with van der Waals surface area (Å²) in [7, 11) is 0. The number of nitrogens with one attached hydrogen (secondary N) is 1. The lowest BCUT2D eigenvalue weighted by Gasteiger charge is -2.17. The monoisotopic (exact) mass is 484 g/mol. The molecule has 0 radical (unpaired) electrons. The number of carbonyl (C=O) groups excluding carboxylic acids is 2. The zero-order valence-electron chi connectivity index (χ0n) is 21.8. The van der Waals surface area contributed by atoms with Crippen molar-refractivity contribution in [2.75, 3.05) is 11.9 Å². The van der Waals surface area contributed by atoms with E-state index in [0.717, 1.165) is 54.4 Å². The van der Waals surface area contributed by atoms with Gasteiger partial charge in [-0.25, -0.2) is 4.98 Å². The molecular formula is C31H36N2O3. The molecule has 2 aromatic rings. The predicted octanol–water partition coefficient (Wildman–Crippen LogP) is 7.05. The summed E-state index contributed by atoms with van der Waals surface area (Å²) in [5.74, 6) is 0.644. The summed E-state index contributed by atoms with van der Waals surface area (Å²) in [5, 5.41) is 3.28. The minimum Gasteiger partial charge on any atom is -0.466 e. The fraction of sp³-hybridized carbons (Fsp3) is 0.387. The van der Waals surface area contributed by atoms with E-state index < -0.39 is 0 Å². The molecule has 1 aromatic carbocycles. The molecule has 1 atom stereocenters. The summed E-state index contributed by atoms with van der Waals surface area (Å²) in [6, 6.07) is 8.19. The molecule has 0 saturated heterocycles. The van der Waals surface area contributed by atoms with E-state index in [2.05, 4.69) is 48.4 Å². The number of esters is 1. The number of nitrogens with zero attached hydrogens (tertiary/aromatic N) is 1. The van der Waals surface area contributed by atoms with Gasteiger partial charge in [-0.1, -0.05) is 35.4 Å². The van der Waals surface area contributed by atoms with Crippen LogP contribution in [0.3, 0.4) is 0 Å². The standard InChI is InChI=1S/C31H36N2O3/c1-5-36-31(35)25-8-6-7-23(10-13-25)17-24-11-14-30(32-19-24)33-28-18-27-22(4)21(3)9-12-26(27)15-20(2)16-29(28)34/h9,11-12,14-15,17-19,25H,5-8,10,13,16H2,1-4H3,(H,32,33)/b20-15+,23-17+,28-18+/t25-/m1/s1. The number of ketones is 1. The summed E-state index contributed by atoms with van der Waals surface area (Å²) >= 11 is 0. The van der Waals surface area contributed by atoms with E-state index in [9.17, 15) is 9.59 Å². The van der Waals surface area contributed by atoms with E-state index in [1.54, 1.807) is 0 Å². The van der Waals surface area contributed by atoms with Crippen LogP contribution in [0.2, 0.25) is 0 Å². The van der Waals surface area contributed by atoms with Gasteiger partial charge < -0.3 is 10.1 Å². The van der Waals surface area contributed by atoms with Crippen molar-refractivity contribution in [3.63, 3.8) is 0 Å². The number of hydrogen-bond acceptors (Lipinski definition) is 5. The fourth-order valence-corrected chi connectivity index (χ4v) is 4.95. The molecule has 0 aliphatic heterocycles. The van der Waals surface area contributed by atoms with Crippen molar-refractivity contribution < 1.29 is 14.3 Å². The molecule has 0 spiro atoms. The molecule has 0 bridgehead atoms. The molecule has 188 valence electrons. The van der Waals surface area contributed by atoms with E-state index >= 15 is 0 Å². The molecule has 2 aliphatic rings. The van der Waals surface area contributed by atoms with E-state index in [1.807, 2.05) is 38.3 Å². The summed E-state index contributed by atoms with van der Waals surface area (Å²) in [6.07, 6.45) is 13.1. The molecule has 5 nitrogen and oxygen atoms in total. The summed E-state index contributed by atoms with van der Waals surface area (Å²) < 4.78 is 5.22. The minimum absolute atomic E-state index is 0.00572. The number of anilines is 1. The Labute approximate surface area is 214 Å². The van der Waals surface area contributed by atoms with Crippen LogP contribution in [-0.4, -0.2) is 23.3 Å². The third-order valence-corrected chi connectivity index (χ3v) is 7.15. The van der Waals surface area contributed by atoms with E-state index in [4.69, 9.17) is 4.74 Å². The molecule has 5 heteroatoms. The number of ether oxygens (including phenoxy) is 1. The Hall–Kier alpha value is -3.47. The van der Waals surface area contributed by atoms with Gasteiger partial charge in [0.05, 0.1) is 18.2 Å². The van der Waals surface area contributed by atoms with Crippen molar-refractivity contribution in [1.82, 2.24) is 4.98 Å². The van der Waals surface area contributed by atoms with Gasteiger partial charge in [-0.2, -0.15) is 0 Å². The van der Waals surface area contributed by atoms with Crippen LogP contribution in [0.15, 0.2) is 47.3 Å². The topological polar surface area (TPSA) is 68.3 Å². The van der Waals surface area contributed by atoms with Gasteiger partial charge in [0, 0.05) is 12.6 Å². The summed E-state index contributed by atoms with van der Waals surface area (Å²) in [5.41, 5.74) is 8.54. The van der Waals surface area contributed by atoms with Crippen LogP contribution in [0.4, 0.5) is 5.82 Å². The number of allylic oxidation sites excluding steroid dienone is 3. The van der Waals surface area contributed by atoms with Crippen molar-refractivity contribution >= 4 is 35.8 Å². The Morgan fingerprint density at radius 1 is 1.11 bits per heavy atom. The van der Waals surface area contributed by atoms with Crippen LogP contribution in [0.1, 0.15) is 80.2 Å². The SMILES string of the molecule is CCOC(=O)[C@@H]1CCC/C(=C\c2ccc(N/C3=C/c4c(ccc(C)c4C)/C=C(\C)CC3=O)nc2)CC1. The van der Waals surface area contributed by atoms with Crippen LogP contribution >= 0.6 is 0 Å². The smallest absolute Gasteiger partial charge is 0.308 e. The Balaban J connectivity index is 1.50. The molecule has 1 aromatic heterocycles. The Morgan fingerprint density at radius 2 is 1.94 bits per heavy atom. The first-order valence-corrected chi connectivity index (χ1v) is 13.0.